The topological polar surface area (TPSA) is 154 Å². The number of rotatable bonds is 3. The lowest BCUT2D eigenvalue weighted by molar-refractivity contribution is -0.394. The van der Waals surface area contributed by atoms with Crippen LogP contribution in [0, 0.1) is 20.2 Å². The summed E-state index contributed by atoms with van der Waals surface area (Å²) in [6.45, 7) is 0. The zero-order chi connectivity index (χ0) is 15.3. The van der Waals surface area contributed by atoms with E-state index in [1.54, 1.807) is 0 Å². The summed E-state index contributed by atoms with van der Waals surface area (Å²) in [6, 6.07) is 2.38. The number of ether oxygens (including phenoxy) is 1. The first-order valence-corrected chi connectivity index (χ1v) is 4.93. The summed E-state index contributed by atoms with van der Waals surface area (Å²) in [5.41, 5.74) is 2.10. The fraction of sp³-hybridized carbons (Fsp3) is 0.111. The third-order valence-electron chi connectivity index (χ3n) is 2.05. The van der Waals surface area contributed by atoms with Gasteiger partial charge in [0.15, 0.2) is 0 Å². The van der Waals surface area contributed by atoms with Gasteiger partial charge < -0.3 is 4.74 Å². The molecule has 0 spiro atoms. The quantitative estimate of drug-likeness (QED) is 0.605. The SMILES string of the molecule is COC(=O)NNC(=O)c1cc([N+](=O)[O-])cc([N+](=O)[O-])c1. The molecule has 1 aromatic rings. The highest BCUT2D eigenvalue weighted by molar-refractivity contribution is 5.96. The van der Waals surface area contributed by atoms with Crippen LogP contribution in [0.15, 0.2) is 18.2 Å². The standard InChI is InChI=1S/C9H8N4O7/c1-20-9(15)11-10-8(14)5-2-6(12(16)17)4-7(3-5)13(18)19/h2-4H,1H3,(H,10,14)(H,11,15). The van der Waals surface area contributed by atoms with Crippen LogP contribution in [0.1, 0.15) is 10.4 Å². The molecule has 1 aromatic carbocycles. The lowest BCUT2D eigenvalue weighted by atomic mass is 10.1. The molecule has 0 atom stereocenters. The van der Waals surface area contributed by atoms with Gasteiger partial charge in [0.25, 0.3) is 17.3 Å². The minimum absolute atomic E-state index is 0.359. The number of hydrazine groups is 1. The molecule has 0 unspecified atom stereocenters. The second kappa shape index (κ2) is 6.08. The Labute approximate surface area is 110 Å². The predicted molar refractivity (Wildman–Crippen MR) is 62.8 cm³/mol. The number of nitro groups is 2. The van der Waals surface area contributed by atoms with Crippen molar-refractivity contribution in [3.8, 4) is 0 Å². The molecule has 11 heteroatoms. The average Bonchev–Trinajstić information content (AvgIpc) is 2.43. The number of nitrogens with zero attached hydrogens (tertiary/aromatic N) is 2. The van der Waals surface area contributed by atoms with Gasteiger partial charge in [0, 0.05) is 12.1 Å². The van der Waals surface area contributed by atoms with Crippen LogP contribution in [-0.2, 0) is 4.74 Å². The highest BCUT2D eigenvalue weighted by Crippen LogP contribution is 2.22. The molecule has 0 saturated heterocycles. The molecule has 0 aliphatic heterocycles. The van der Waals surface area contributed by atoms with Gasteiger partial charge in [0.1, 0.15) is 0 Å². The van der Waals surface area contributed by atoms with Gasteiger partial charge >= 0.3 is 6.09 Å². The minimum atomic E-state index is -0.974. The molecule has 2 N–H and O–H groups in total. The fourth-order valence-corrected chi connectivity index (χ4v) is 1.17. The third kappa shape index (κ3) is 3.63. The van der Waals surface area contributed by atoms with Gasteiger partial charge in [-0.1, -0.05) is 0 Å². The van der Waals surface area contributed by atoms with Gasteiger partial charge in [-0.3, -0.25) is 30.4 Å². The number of hydrogen-bond donors (Lipinski definition) is 2. The van der Waals surface area contributed by atoms with Crippen LogP contribution in [0.25, 0.3) is 0 Å². The molecule has 0 aliphatic carbocycles. The Kier molecular flexibility index (Phi) is 4.51. The molecular weight excluding hydrogens is 276 g/mol. The van der Waals surface area contributed by atoms with E-state index in [0.717, 1.165) is 19.2 Å². The largest absolute Gasteiger partial charge is 0.452 e. The van der Waals surface area contributed by atoms with Crippen molar-refractivity contribution in [2.75, 3.05) is 7.11 Å². The summed E-state index contributed by atoms with van der Waals surface area (Å²) in [5.74, 6) is -0.970. The van der Waals surface area contributed by atoms with Gasteiger partial charge in [0.05, 0.1) is 28.6 Å². The molecule has 0 saturated carbocycles. The molecule has 0 aliphatic rings. The first-order valence-electron chi connectivity index (χ1n) is 4.93. The van der Waals surface area contributed by atoms with E-state index in [1.165, 1.54) is 0 Å². The van der Waals surface area contributed by atoms with Crippen molar-refractivity contribution in [2.45, 2.75) is 0 Å². The number of benzene rings is 1. The van der Waals surface area contributed by atoms with E-state index in [2.05, 4.69) is 4.74 Å². The molecule has 1 rings (SSSR count). The van der Waals surface area contributed by atoms with Gasteiger partial charge in [-0.05, 0) is 0 Å². The summed E-state index contributed by atoms with van der Waals surface area (Å²) in [5, 5.41) is 21.2. The number of nitro benzene ring substituents is 2. The summed E-state index contributed by atoms with van der Waals surface area (Å²) in [6.07, 6.45) is -0.974. The maximum Gasteiger partial charge on any atom is 0.425 e. The van der Waals surface area contributed by atoms with Crippen molar-refractivity contribution in [2.24, 2.45) is 0 Å². The Morgan fingerprint density at radius 2 is 1.55 bits per heavy atom. The molecule has 2 amide bonds. The van der Waals surface area contributed by atoms with E-state index in [-0.39, 0.29) is 5.56 Å². The summed E-state index contributed by atoms with van der Waals surface area (Å²) in [4.78, 5) is 41.8. The van der Waals surface area contributed by atoms with Crippen LogP contribution >= 0.6 is 0 Å². The normalized spacial score (nSPS) is 9.45. The highest BCUT2D eigenvalue weighted by Gasteiger charge is 2.20. The molecule has 0 heterocycles. The maximum absolute atomic E-state index is 11.6. The fourth-order valence-electron chi connectivity index (χ4n) is 1.17. The first-order chi connectivity index (χ1) is 9.35. The average molecular weight is 284 g/mol. The smallest absolute Gasteiger partial charge is 0.425 e. The number of carbonyl (C=O) groups is 2. The van der Waals surface area contributed by atoms with Crippen LogP contribution in [-0.4, -0.2) is 29.0 Å². The van der Waals surface area contributed by atoms with E-state index in [1.807, 2.05) is 10.9 Å². The van der Waals surface area contributed by atoms with Crippen molar-refractivity contribution < 1.29 is 24.2 Å². The van der Waals surface area contributed by atoms with E-state index in [9.17, 15) is 29.8 Å². The Morgan fingerprint density at radius 3 is 1.95 bits per heavy atom. The van der Waals surface area contributed by atoms with Gasteiger partial charge in [-0.25, -0.2) is 10.2 Å². The van der Waals surface area contributed by atoms with Crippen LogP contribution in [0.3, 0.4) is 0 Å². The van der Waals surface area contributed by atoms with Crippen LogP contribution in [0.2, 0.25) is 0 Å². The number of methoxy groups -OCH3 is 1. The highest BCUT2D eigenvalue weighted by atomic mass is 16.6. The summed E-state index contributed by atoms with van der Waals surface area (Å²) >= 11 is 0. The second-order valence-electron chi connectivity index (χ2n) is 3.32. The van der Waals surface area contributed by atoms with Crippen LogP contribution < -0.4 is 10.9 Å². The second-order valence-corrected chi connectivity index (χ2v) is 3.32. The molecule has 11 nitrogen and oxygen atoms in total. The van der Waals surface area contributed by atoms with Crippen molar-refractivity contribution in [1.82, 2.24) is 10.9 Å². The van der Waals surface area contributed by atoms with E-state index in [0.29, 0.717) is 6.07 Å². The number of hydrogen-bond acceptors (Lipinski definition) is 7. The van der Waals surface area contributed by atoms with Crippen molar-refractivity contribution in [1.29, 1.82) is 0 Å². The van der Waals surface area contributed by atoms with E-state index >= 15 is 0 Å². The zero-order valence-electron chi connectivity index (χ0n) is 9.98. The van der Waals surface area contributed by atoms with Crippen molar-refractivity contribution >= 4 is 23.4 Å². The van der Waals surface area contributed by atoms with Crippen LogP contribution in [0.4, 0.5) is 16.2 Å². The minimum Gasteiger partial charge on any atom is -0.452 e. The molecule has 20 heavy (non-hydrogen) atoms. The predicted octanol–water partition coefficient (Wildman–Crippen LogP) is 0.504. The number of non-ortho nitro benzene ring substituents is 2. The maximum atomic E-state index is 11.6. The lowest BCUT2D eigenvalue weighted by Crippen LogP contribution is -2.41. The van der Waals surface area contributed by atoms with Gasteiger partial charge in [0.2, 0.25) is 0 Å². The Balaban J connectivity index is 3.04. The number of carbonyl (C=O) groups excluding carboxylic acids is 2. The first kappa shape index (κ1) is 14.8. The Morgan fingerprint density at radius 1 is 1.05 bits per heavy atom. The summed E-state index contributed by atoms with van der Waals surface area (Å²) in [7, 11) is 1.06. The van der Waals surface area contributed by atoms with E-state index < -0.39 is 33.2 Å². The molecule has 106 valence electrons. The van der Waals surface area contributed by atoms with Gasteiger partial charge in [-0.2, -0.15) is 0 Å². The molecule has 0 radical (unpaired) electrons. The monoisotopic (exact) mass is 284 g/mol. The van der Waals surface area contributed by atoms with Crippen molar-refractivity contribution in [3.05, 3.63) is 44.0 Å². The van der Waals surface area contributed by atoms with Gasteiger partial charge in [-0.15, -0.1) is 0 Å². The van der Waals surface area contributed by atoms with Crippen molar-refractivity contribution in [3.63, 3.8) is 0 Å². The molecule has 0 bridgehead atoms. The Bertz CT molecular complexity index is 553. The zero-order valence-corrected chi connectivity index (χ0v) is 9.98. The van der Waals surface area contributed by atoms with Crippen LogP contribution in [0.5, 0.6) is 0 Å². The number of nitrogens with one attached hydrogen (secondary N) is 2. The number of amides is 2. The third-order valence-corrected chi connectivity index (χ3v) is 2.05. The Hall–Kier alpha value is -3.24. The molecule has 0 aromatic heterocycles. The van der Waals surface area contributed by atoms with E-state index in [4.69, 9.17) is 0 Å². The lowest BCUT2D eigenvalue weighted by Gasteiger charge is -2.05. The molecule has 0 fully saturated rings. The molecular formula is C9H8N4O7. The summed E-state index contributed by atoms with van der Waals surface area (Å²) < 4.78 is 4.18.